The second-order valence-electron chi connectivity index (χ2n) is 11.1. The van der Waals surface area contributed by atoms with Gasteiger partial charge in [0.05, 0.1) is 46.4 Å². The van der Waals surface area contributed by atoms with Crippen LogP contribution in [0.1, 0.15) is 25.1 Å². The van der Waals surface area contributed by atoms with Gasteiger partial charge in [-0.25, -0.2) is 9.67 Å². The Morgan fingerprint density at radius 1 is 1.13 bits per heavy atom. The summed E-state index contributed by atoms with van der Waals surface area (Å²) in [4.78, 5) is 14.5. The first kappa shape index (κ1) is 24.9. The number of rotatable bonds is 6. The zero-order valence-corrected chi connectivity index (χ0v) is 22.3. The van der Waals surface area contributed by atoms with Crippen molar-refractivity contribution in [2.75, 3.05) is 19.8 Å². The number of nitrogens with zero attached hydrogens (tertiary/aromatic N) is 5. The van der Waals surface area contributed by atoms with E-state index >= 15 is 0 Å². The Bertz CT molecular complexity index is 1510. The largest absolute Gasteiger partial charge is 0.456 e. The summed E-state index contributed by atoms with van der Waals surface area (Å²) in [6.45, 7) is 6.29. The third kappa shape index (κ3) is 4.69. The molecule has 0 radical (unpaired) electrons. The van der Waals surface area contributed by atoms with Crippen molar-refractivity contribution in [2.24, 2.45) is 0 Å². The van der Waals surface area contributed by atoms with Crippen LogP contribution in [0, 0.1) is 0 Å². The van der Waals surface area contributed by atoms with E-state index in [2.05, 4.69) is 14.9 Å². The molecule has 2 saturated heterocycles. The molecule has 2 fully saturated rings. The van der Waals surface area contributed by atoms with Gasteiger partial charge >= 0.3 is 0 Å². The van der Waals surface area contributed by atoms with Gasteiger partial charge in [0.1, 0.15) is 18.3 Å². The van der Waals surface area contributed by atoms with E-state index in [0.717, 1.165) is 30.0 Å². The monoisotopic (exact) mass is 552 g/mol. The fraction of sp³-hybridized carbons (Fsp3) is 0.444. The fourth-order valence-corrected chi connectivity index (χ4v) is 5.89. The lowest BCUT2D eigenvalue weighted by Gasteiger charge is -2.24. The molecule has 0 amide bonds. The first-order valence-electron chi connectivity index (χ1n) is 13.0. The van der Waals surface area contributed by atoms with Gasteiger partial charge in [-0.1, -0.05) is 23.7 Å². The Morgan fingerprint density at radius 3 is 2.69 bits per heavy atom. The van der Waals surface area contributed by atoms with Gasteiger partial charge in [0.2, 0.25) is 0 Å². The van der Waals surface area contributed by atoms with E-state index in [0.29, 0.717) is 41.0 Å². The van der Waals surface area contributed by atoms with Gasteiger partial charge < -0.3 is 29.4 Å². The van der Waals surface area contributed by atoms with Crippen molar-refractivity contribution < 1.29 is 24.4 Å². The standard InChI is InChI=1S/C27H29ClN6O5/c1-27(2,36)13-33-8-15-9-34(32-19(15)10-33)16-5-3-14(4-6-16)22-17(28)7-18-25(30-22)31-26(29-18)39-21-12-38-23-20(35)11-37-24(21)23/h3-7,9,20-21,23-24,35-36H,8,10-13H2,1-2H3,(H,29,30,31)/t20-,21-,23-,24-/m1/s1. The molecular weight excluding hydrogens is 524 g/mol. The third-order valence-corrected chi connectivity index (χ3v) is 7.60. The molecule has 3 aromatic heterocycles. The summed E-state index contributed by atoms with van der Waals surface area (Å²) in [5.41, 5.74) is 5.01. The summed E-state index contributed by atoms with van der Waals surface area (Å²) in [7, 11) is 0. The number of H-pyrrole nitrogens is 1. The average molecular weight is 553 g/mol. The van der Waals surface area contributed by atoms with Crippen LogP contribution in [0.25, 0.3) is 28.1 Å². The third-order valence-electron chi connectivity index (χ3n) is 7.31. The van der Waals surface area contributed by atoms with Crippen LogP contribution in [0.15, 0.2) is 36.5 Å². The number of aromatic nitrogens is 5. The van der Waals surface area contributed by atoms with Crippen molar-refractivity contribution in [3.63, 3.8) is 0 Å². The number of halogens is 1. The second-order valence-corrected chi connectivity index (χ2v) is 11.5. The van der Waals surface area contributed by atoms with E-state index in [1.54, 1.807) is 6.07 Å². The van der Waals surface area contributed by atoms with E-state index in [9.17, 15) is 10.2 Å². The molecule has 1 aromatic carbocycles. The highest BCUT2D eigenvalue weighted by atomic mass is 35.5. The van der Waals surface area contributed by atoms with Crippen LogP contribution in [0.4, 0.5) is 0 Å². The highest BCUT2D eigenvalue weighted by Gasteiger charge is 2.48. The lowest BCUT2D eigenvalue weighted by molar-refractivity contribution is 0.00706. The van der Waals surface area contributed by atoms with Crippen LogP contribution in [0.3, 0.4) is 0 Å². The minimum Gasteiger partial charge on any atom is -0.456 e. The molecule has 3 N–H and O–H groups in total. The number of pyridine rings is 1. The normalized spacial score (nSPS) is 24.9. The molecule has 3 aliphatic rings. The van der Waals surface area contributed by atoms with Gasteiger partial charge in [0.15, 0.2) is 11.8 Å². The number of β-amino-alcohol motifs (C(OH)–C–C–N with tert-alkyl or cyclic N) is 1. The van der Waals surface area contributed by atoms with Crippen molar-refractivity contribution in [3.05, 3.63) is 52.8 Å². The highest BCUT2D eigenvalue weighted by Crippen LogP contribution is 2.33. The van der Waals surface area contributed by atoms with Crippen LogP contribution in [-0.2, 0) is 22.6 Å². The van der Waals surface area contributed by atoms with Crippen molar-refractivity contribution in [1.29, 1.82) is 0 Å². The van der Waals surface area contributed by atoms with Crippen LogP contribution >= 0.6 is 11.6 Å². The van der Waals surface area contributed by atoms with Gasteiger partial charge in [-0.15, -0.1) is 0 Å². The summed E-state index contributed by atoms with van der Waals surface area (Å²) in [5, 5.41) is 25.3. The predicted molar refractivity (Wildman–Crippen MR) is 142 cm³/mol. The first-order chi connectivity index (χ1) is 18.7. The van der Waals surface area contributed by atoms with E-state index in [1.807, 2.05) is 49.0 Å². The zero-order chi connectivity index (χ0) is 26.9. The van der Waals surface area contributed by atoms with Crippen molar-refractivity contribution in [2.45, 2.75) is 57.0 Å². The summed E-state index contributed by atoms with van der Waals surface area (Å²) in [6, 6.07) is 9.98. The van der Waals surface area contributed by atoms with Gasteiger partial charge in [0, 0.05) is 37.0 Å². The number of ether oxygens (including phenoxy) is 3. The Hall–Kier alpha value is -3.06. The molecule has 0 unspecified atom stereocenters. The van der Waals surface area contributed by atoms with Gasteiger partial charge in [0.25, 0.3) is 6.01 Å². The molecular formula is C27H29ClN6O5. The number of imidazole rings is 1. The summed E-state index contributed by atoms with van der Waals surface area (Å²) >= 11 is 6.61. The lowest BCUT2D eigenvalue weighted by Crippen LogP contribution is -2.35. The van der Waals surface area contributed by atoms with E-state index < -0.39 is 11.7 Å². The summed E-state index contributed by atoms with van der Waals surface area (Å²) < 4.78 is 19.1. The summed E-state index contributed by atoms with van der Waals surface area (Å²) in [6.07, 6.45) is 0.326. The number of aliphatic hydroxyl groups is 2. The Kier molecular flexibility index (Phi) is 5.92. The van der Waals surface area contributed by atoms with Gasteiger partial charge in [-0.05, 0) is 32.0 Å². The maximum absolute atomic E-state index is 10.1. The molecule has 4 atom stereocenters. The van der Waals surface area contributed by atoms with Crippen molar-refractivity contribution in [1.82, 2.24) is 29.6 Å². The van der Waals surface area contributed by atoms with Gasteiger partial charge in [-0.2, -0.15) is 10.1 Å². The number of fused-ring (bicyclic) bond motifs is 3. The molecule has 7 rings (SSSR count). The van der Waals surface area contributed by atoms with E-state index in [-0.39, 0.29) is 24.9 Å². The zero-order valence-electron chi connectivity index (χ0n) is 21.5. The first-order valence-corrected chi connectivity index (χ1v) is 13.4. The predicted octanol–water partition coefficient (Wildman–Crippen LogP) is 2.46. The molecule has 0 aliphatic carbocycles. The second kappa shape index (κ2) is 9.26. The fourth-order valence-electron chi connectivity index (χ4n) is 5.62. The molecule has 11 nitrogen and oxygen atoms in total. The Morgan fingerprint density at radius 2 is 1.92 bits per heavy atom. The molecule has 0 spiro atoms. The molecule has 4 aromatic rings. The SMILES string of the molecule is CC(C)(O)CN1Cc2cn(-c3ccc(-c4nc5nc(O[C@@H]6CO[C@H]7[C@@H]6OC[C@H]7O)[nH]c5cc4Cl)cc3)nc2C1. The Balaban J connectivity index is 1.07. The smallest absolute Gasteiger partial charge is 0.296 e. The Labute approximate surface area is 229 Å². The topological polar surface area (TPSA) is 131 Å². The number of benzene rings is 1. The molecule has 6 heterocycles. The quantitative estimate of drug-likeness (QED) is 0.330. The van der Waals surface area contributed by atoms with Crippen LogP contribution in [0.5, 0.6) is 6.01 Å². The molecule has 204 valence electrons. The number of aliphatic hydroxyl groups excluding tert-OH is 1. The number of aromatic amines is 1. The van der Waals surface area contributed by atoms with Crippen LogP contribution < -0.4 is 4.74 Å². The van der Waals surface area contributed by atoms with Crippen molar-refractivity contribution >= 4 is 22.8 Å². The molecule has 0 bridgehead atoms. The molecule has 39 heavy (non-hydrogen) atoms. The molecule has 0 saturated carbocycles. The van der Waals surface area contributed by atoms with E-state index in [1.165, 1.54) is 5.56 Å². The number of hydrogen-bond donors (Lipinski definition) is 3. The van der Waals surface area contributed by atoms with Crippen LogP contribution in [-0.4, -0.2) is 89.6 Å². The van der Waals surface area contributed by atoms with Crippen molar-refractivity contribution in [3.8, 4) is 23.0 Å². The van der Waals surface area contributed by atoms with Crippen LogP contribution in [0.2, 0.25) is 5.02 Å². The van der Waals surface area contributed by atoms with E-state index in [4.69, 9.17) is 35.9 Å². The molecule has 12 heteroatoms. The minimum atomic E-state index is -0.735. The minimum absolute atomic E-state index is 0.235. The number of nitrogens with one attached hydrogen (secondary N) is 1. The number of hydrogen-bond acceptors (Lipinski definition) is 9. The maximum Gasteiger partial charge on any atom is 0.296 e. The highest BCUT2D eigenvalue weighted by molar-refractivity contribution is 6.33. The molecule has 3 aliphatic heterocycles. The average Bonchev–Trinajstić information content (AvgIpc) is 3.67. The van der Waals surface area contributed by atoms with Gasteiger partial charge in [-0.3, -0.25) is 4.90 Å². The maximum atomic E-state index is 10.1. The summed E-state index contributed by atoms with van der Waals surface area (Å²) in [5.74, 6) is 0. The lowest BCUT2D eigenvalue weighted by atomic mass is 10.1.